The van der Waals surface area contributed by atoms with Crippen molar-refractivity contribution in [1.82, 2.24) is 5.32 Å². The van der Waals surface area contributed by atoms with Crippen molar-refractivity contribution < 1.29 is 90.6 Å². The molecule has 18 heteroatoms. The van der Waals surface area contributed by atoms with Gasteiger partial charge in [-0.3, -0.25) is 19.2 Å². The van der Waals surface area contributed by atoms with Crippen LogP contribution in [-0.4, -0.2) is 85.8 Å². The number of fused-ring (bicyclic) bond motifs is 1. The van der Waals surface area contributed by atoms with Crippen molar-refractivity contribution in [3.05, 3.63) is 67.8 Å². The van der Waals surface area contributed by atoms with Gasteiger partial charge < -0.3 is 33.6 Å². The highest BCUT2D eigenvalue weighted by Crippen LogP contribution is 2.61. The second-order valence-electron chi connectivity index (χ2n) is 22.4. The van der Waals surface area contributed by atoms with Crippen LogP contribution in [0.25, 0.3) is 0 Å². The minimum atomic E-state index is -5.91. The number of hydrogen-bond donors (Lipinski definition) is 1. The Hall–Kier alpha value is -3.91. The van der Waals surface area contributed by atoms with Crippen LogP contribution in [0.2, 0.25) is 0 Å². The van der Waals surface area contributed by atoms with Crippen LogP contribution in [0, 0.1) is 64.8 Å². The van der Waals surface area contributed by atoms with Gasteiger partial charge in [0.2, 0.25) is 0 Å². The van der Waals surface area contributed by atoms with Gasteiger partial charge in [-0.25, -0.2) is 13.2 Å². The average molecular weight is 1160 g/mol. The van der Waals surface area contributed by atoms with E-state index in [1.807, 2.05) is 39.9 Å². The molecule has 5 atom stereocenters. The van der Waals surface area contributed by atoms with Crippen LogP contribution >= 0.6 is 0 Å². The molecule has 408 valence electrons. The summed E-state index contributed by atoms with van der Waals surface area (Å²) >= 11 is 0.0287. The third-order valence-corrected chi connectivity index (χ3v) is 19.9. The molecule has 1 N–H and O–H groups in total. The monoisotopic (exact) mass is 1160 g/mol. The number of carbonyl (C=O) groups excluding carboxylic acids is 5. The third-order valence-electron chi connectivity index (χ3n) is 16.3. The quantitative estimate of drug-likeness (QED) is 0.0552. The average Bonchev–Trinajstić information content (AvgIpc) is 4.00. The minimum absolute atomic E-state index is 0.0287. The summed E-state index contributed by atoms with van der Waals surface area (Å²) in [6.07, 6.45) is 9.90. The standard InChI is InChI=1S/C18H30O2.C14H20O4.C12H10I.C11H19F2NO7S/c1-5-17(3,4)16(19)20-18(6-2)14-8-12-7-13(10-14)11-15(18)9-12;1-4-14(2,3)13(16)18-10-7-5-8-9(6-7)12(15)17-11(8)10;1-3-7-11(8-4-1)13-12-9-5-2-6-10-12;1-4-10(2,3)8(15)20-6-5-14-9(16)21-7-11(12,13)22(17,18)19/h12-15H,5-11H2,1-4H3;7-11H,4-6H2,1-3H3;1-10H;4-7H2,1-3H3,(H,14,16)(H,17,18,19)/q;;+1;/p-1. The molecule has 0 spiro atoms. The summed E-state index contributed by atoms with van der Waals surface area (Å²) in [5.41, 5.74) is -1.61. The Kier molecular flexibility index (Phi) is 20.4. The number of hydrogen-bond acceptors (Lipinski definition) is 13. The van der Waals surface area contributed by atoms with Gasteiger partial charge in [-0.15, -0.1) is 0 Å². The molecular weight excluding hydrogens is 1080 g/mol. The maximum absolute atomic E-state index is 12.7. The molecule has 6 aliphatic carbocycles. The Balaban J connectivity index is 0.000000183. The first-order valence-electron chi connectivity index (χ1n) is 25.9. The molecule has 2 aromatic rings. The molecule has 1 aliphatic heterocycles. The fraction of sp³-hybridized carbons (Fsp3) is 0.691. The van der Waals surface area contributed by atoms with Gasteiger partial charge in [-0.05, 0) is 160 Å². The molecule has 1 amide bonds. The number of benzene rings is 2. The molecule has 73 heavy (non-hydrogen) atoms. The van der Waals surface area contributed by atoms with E-state index in [0.717, 1.165) is 43.9 Å². The highest BCUT2D eigenvalue weighted by atomic mass is 127. The summed E-state index contributed by atoms with van der Waals surface area (Å²) in [7, 11) is -5.91. The second kappa shape index (κ2) is 24.8. The number of halogens is 3. The zero-order chi connectivity index (χ0) is 54.2. The summed E-state index contributed by atoms with van der Waals surface area (Å²) < 4.78 is 84.8. The molecule has 0 radical (unpaired) electrons. The SMILES string of the molecule is CCC(C)(C)C(=O)OC1(CC)C2CC3CC(C2)CC1C3.CCC(C)(C)C(=O)OC1C2CC3C(=O)OC1C3C2.CCC(C)(C)C(=O)OCCNC(=O)OCC(F)(F)S(=O)(=O)[O-].c1ccc([I+]c2ccccc2)cc1. The zero-order valence-corrected chi connectivity index (χ0v) is 47.2. The normalized spacial score (nSPS) is 27.4. The van der Waals surface area contributed by atoms with E-state index in [2.05, 4.69) is 79.2 Å². The van der Waals surface area contributed by atoms with Crippen molar-refractivity contribution in [2.45, 2.75) is 163 Å². The van der Waals surface area contributed by atoms with Crippen molar-refractivity contribution in [1.29, 1.82) is 0 Å². The Bertz CT molecular complexity index is 2250. The van der Waals surface area contributed by atoms with Crippen LogP contribution in [0.4, 0.5) is 13.6 Å². The molecular formula is C55H78F2INO13S. The number of esters is 4. The lowest BCUT2D eigenvalue weighted by Crippen LogP contribution is -3.61. The lowest BCUT2D eigenvalue weighted by molar-refractivity contribution is -0.597. The van der Waals surface area contributed by atoms with E-state index < -0.39 is 44.9 Å². The maximum Gasteiger partial charge on any atom is 0.407 e. The fourth-order valence-corrected chi connectivity index (χ4v) is 13.2. The lowest BCUT2D eigenvalue weighted by Gasteiger charge is -2.60. The molecule has 1 saturated heterocycles. The molecule has 14 nitrogen and oxygen atoms in total. The van der Waals surface area contributed by atoms with Gasteiger partial charge in [0.15, 0.2) is 23.9 Å². The van der Waals surface area contributed by atoms with Gasteiger partial charge in [0.05, 0.1) is 28.7 Å². The number of nitrogens with one attached hydrogen (secondary N) is 1. The second-order valence-corrected chi connectivity index (χ2v) is 26.9. The number of alkyl carbamates (subject to hydrolysis) is 1. The van der Waals surface area contributed by atoms with Crippen molar-refractivity contribution in [2.24, 2.45) is 57.7 Å². The topological polar surface area (TPSA) is 201 Å². The fourth-order valence-electron chi connectivity index (χ4n) is 10.7. The van der Waals surface area contributed by atoms with Gasteiger partial charge in [0, 0.05) is 11.8 Å². The Morgan fingerprint density at radius 3 is 1.70 bits per heavy atom. The van der Waals surface area contributed by atoms with Crippen molar-refractivity contribution in [3.63, 3.8) is 0 Å². The molecule has 1 heterocycles. The summed E-state index contributed by atoms with van der Waals surface area (Å²) in [5.74, 6) is 3.13. The van der Waals surface area contributed by atoms with Crippen molar-refractivity contribution in [3.8, 4) is 0 Å². The molecule has 0 aromatic heterocycles. The predicted molar refractivity (Wildman–Crippen MR) is 263 cm³/mol. The summed E-state index contributed by atoms with van der Waals surface area (Å²) in [6, 6.07) is 21.4. The molecule has 6 bridgehead atoms. The van der Waals surface area contributed by atoms with Crippen LogP contribution in [0.1, 0.15) is 140 Å². The van der Waals surface area contributed by atoms with Crippen molar-refractivity contribution in [2.75, 3.05) is 19.8 Å². The first-order chi connectivity index (χ1) is 34.1. The summed E-state index contributed by atoms with van der Waals surface area (Å²) in [6.45, 7) is 16.9. The Morgan fingerprint density at radius 1 is 0.726 bits per heavy atom. The van der Waals surface area contributed by atoms with Gasteiger partial charge in [-0.1, -0.05) is 64.1 Å². The van der Waals surface area contributed by atoms with E-state index in [0.29, 0.717) is 30.1 Å². The van der Waals surface area contributed by atoms with E-state index in [4.69, 9.17) is 18.9 Å². The predicted octanol–water partition coefficient (Wildman–Crippen LogP) is 7.13. The van der Waals surface area contributed by atoms with Gasteiger partial charge in [0.25, 0.3) is 0 Å². The Morgan fingerprint density at radius 2 is 1.22 bits per heavy atom. The van der Waals surface area contributed by atoms with Crippen molar-refractivity contribution >= 4 is 40.1 Å². The molecule has 9 rings (SSSR count). The largest absolute Gasteiger partial charge is 0.743 e. The molecule has 5 unspecified atom stereocenters. The van der Waals surface area contributed by atoms with Crippen LogP contribution in [0.3, 0.4) is 0 Å². The van der Waals surface area contributed by atoms with E-state index in [1.165, 1.54) is 39.2 Å². The highest BCUT2D eigenvalue weighted by molar-refractivity contribution is 7.86. The summed E-state index contributed by atoms with van der Waals surface area (Å²) in [5, 5.41) is -2.74. The highest BCUT2D eigenvalue weighted by Gasteiger charge is 2.64. The van der Waals surface area contributed by atoms with Crippen LogP contribution < -0.4 is 26.5 Å². The number of alkyl halides is 2. The molecule has 7 aliphatic rings. The lowest BCUT2D eigenvalue weighted by atomic mass is 9.49. The Labute approximate surface area is 441 Å². The molecule has 7 fully saturated rings. The number of amides is 1. The number of ether oxygens (including phenoxy) is 5. The van der Waals surface area contributed by atoms with Gasteiger partial charge in [0.1, 0.15) is 24.4 Å². The molecule has 2 aromatic carbocycles. The van der Waals surface area contributed by atoms with Gasteiger partial charge in [-0.2, -0.15) is 8.78 Å². The van der Waals surface area contributed by atoms with E-state index in [-0.39, 0.29) is 81.4 Å². The van der Waals surface area contributed by atoms with Gasteiger partial charge >= 0.3 is 56.4 Å². The zero-order valence-electron chi connectivity index (χ0n) is 44.2. The maximum atomic E-state index is 12.7. The smallest absolute Gasteiger partial charge is 0.407 e. The van der Waals surface area contributed by atoms with E-state index in [1.54, 1.807) is 20.8 Å². The summed E-state index contributed by atoms with van der Waals surface area (Å²) in [4.78, 5) is 58.9. The van der Waals surface area contributed by atoms with Crippen LogP contribution in [0.5, 0.6) is 0 Å². The third kappa shape index (κ3) is 14.9. The molecule has 6 saturated carbocycles. The van der Waals surface area contributed by atoms with E-state index >= 15 is 0 Å². The first-order valence-corrected chi connectivity index (χ1v) is 29.5. The number of rotatable bonds is 17. The first kappa shape index (κ1) is 60.0. The van der Waals surface area contributed by atoms with Crippen LogP contribution in [0.15, 0.2) is 60.7 Å². The van der Waals surface area contributed by atoms with Crippen LogP contribution in [-0.2, 0) is 53.0 Å². The minimum Gasteiger partial charge on any atom is -0.743 e. The van der Waals surface area contributed by atoms with E-state index in [9.17, 15) is 45.7 Å². The number of carbonyl (C=O) groups is 5.